The first-order valence-electron chi connectivity index (χ1n) is 10.1. The summed E-state index contributed by atoms with van der Waals surface area (Å²) in [7, 11) is -1.21. The Morgan fingerprint density at radius 3 is 2.81 bits per heavy atom. The molecule has 1 unspecified atom stereocenters. The molecule has 1 saturated carbocycles. The topological polar surface area (TPSA) is 99.3 Å². The third-order valence-corrected chi connectivity index (χ3v) is 7.48. The van der Waals surface area contributed by atoms with Crippen molar-refractivity contribution >= 4 is 27.6 Å². The molecular weight excluding hydrogens is 417 g/mol. The van der Waals surface area contributed by atoms with Gasteiger partial charge in [-0.3, -0.25) is 4.79 Å². The number of halogens is 1. The summed E-state index contributed by atoms with van der Waals surface area (Å²) in [6.07, 6.45) is 7.26. The monoisotopic (exact) mass is 441 g/mol. The first-order valence-corrected chi connectivity index (χ1v) is 11.7. The van der Waals surface area contributed by atoms with Gasteiger partial charge in [-0.05, 0) is 37.0 Å². The van der Waals surface area contributed by atoms with Gasteiger partial charge in [-0.1, -0.05) is 26.0 Å². The van der Waals surface area contributed by atoms with Crippen LogP contribution in [0.5, 0.6) is 0 Å². The zero-order valence-corrected chi connectivity index (χ0v) is 18.4. The van der Waals surface area contributed by atoms with Crippen molar-refractivity contribution in [2.24, 2.45) is 17.3 Å². The predicted molar refractivity (Wildman–Crippen MR) is 117 cm³/mol. The number of nitrogens with one attached hydrogen (secondary N) is 2. The fraction of sp³-hybridized carbons (Fsp3) is 0.364. The molecule has 2 N–H and O–H groups in total. The summed E-state index contributed by atoms with van der Waals surface area (Å²) in [5, 5.41) is 11.8. The van der Waals surface area contributed by atoms with Gasteiger partial charge in [-0.2, -0.15) is 5.26 Å². The molecule has 162 valence electrons. The number of nitriles is 1. The van der Waals surface area contributed by atoms with Crippen LogP contribution >= 0.6 is 0 Å². The quantitative estimate of drug-likeness (QED) is 0.754. The highest BCUT2D eigenvalue weighted by Gasteiger charge is 2.33. The summed E-state index contributed by atoms with van der Waals surface area (Å²) in [5.41, 5.74) is 1.02. The molecular formula is C22H24FN5O2S. The number of hydrogen-bond donors (Lipinski definition) is 2. The summed E-state index contributed by atoms with van der Waals surface area (Å²) >= 11 is 0. The zero-order valence-electron chi connectivity index (χ0n) is 17.6. The first-order chi connectivity index (χ1) is 14.7. The van der Waals surface area contributed by atoms with E-state index in [-0.39, 0.29) is 23.6 Å². The van der Waals surface area contributed by atoms with E-state index in [2.05, 4.69) is 14.4 Å². The van der Waals surface area contributed by atoms with E-state index in [1.54, 1.807) is 23.9 Å². The SMILES string of the molecule is CC(C)[C@H]1C=Cc2c(cn(C)c2C(=O)Nc2ccc(F)c(C#N)c2)S(=O)(=NC2CC2)N1. The fourth-order valence-corrected chi connectivity index (χ4v) is 5.90. The normalized spacial score (nSPS) is 22.5. The molecule has 0 spiro atoms. The molecule has 31 heavy (non-hydrogen) atoms. The zero-order chi connectivity index (χ0) is 22.3. The first kappa shape index (κ1) is 21.3. The second-order valence-corrected chi connectivity index (χ2v) is 10.2. The molecule has 7 nitrogen and oxygen atoms in total. The molecule has 1 aliphatic carbocycles. The van der Waals surface area contributed by atoms with Gasteiger partial charge in [0.1, 0.15) is 27.5 Å². The van der Waals surface area contributed by atoms with Crippen molar-refractivity contribution in [1.29, 1.82) is 5.26 Å². The third kappa shape index (κ3) is 4.13. The highest BCUT2D eigenvalue weighted by atomic mass is 32.2. The van der Waals surface area contributed by atoms with E-state index in [1.165, 1.54) is 12.1 Å². The number of aromatic nitrogens is 1. The van der Waals surface area contributed by atoms with Crippen LogP contribution in [-0.2, 0) is 17.0 Å². The Morgan fingerprint density at radius 2 is 2.16 bits per heavy atom. The molecule has 2 aliphatic rings. The van der Waals surface area contributed by atoms with Gasteiger partial charge in [-0.15, -0.1) is 0 Å². The Balaban J connectivity index is 1.78. The molecule has 4 rings (SSSR count). The smallest absolute Gasteiger partial charge is 0.272 e. The number of anilines is 1. The molecule has 1 fully saturated rings. The fourth-order valence-electron chi connectivity index (χ4n) is 3.48. The largest absolute Gasteiger partial charge is 0.345 e. The number of fused-ring (bicyclic) bond motifs is 1. The predicted octanol–water partition coefficient (Wildman–Crippen LogP) is 3.83. The van der Waals surface area contributed by atoms with Crippen molar-refractivity contribution < 1.29 is 13.4 Å². The Bertz CT molecular complexity index is 1240. The standard InChI is InChI=1S/C22H24FN5O2S/c1-13(2)19-9-7-17-20(31(30,27-19)26-15-4-5-15)12-28(3)21(17)22(29)25-16-6-8-18(23)14(10-16)11-24/h6-10,12-13,15,19H,4-5H2,1-3H3,(H,25,29)(H,26,27,30)/t19-,31?/m1/s1. The van der Waals surface area contributed by atoms with E-state index in [9.17, 15) is 13.4 Å². The Hall–Kier alpha value is -2.96. The summed E-state index contributed by atoms with van der Waals surface area (Å²) in [6, 6.07) is 5.50. The number of hydrogen-bond acceptors (Lipinski definition) is 4. The van der Waals surface area contributed by atoms with E-state index in [0.29, 0.717) is 21.8 Å². The maximum Gasteiger partial charge on any atom is 0.272 e. The van der Waals surface area contributed by atoms with Gasteiger partial charge >= 0.3 is 0 Å². The number of rotatable bonds is 4. The van der Waals surface area contributed by atoms with Gasteiger partial charge in [0.05, 0.1) is 16.5 Å². The van der Waals surface area contributed by atoms with Crippen LogP contribution in [0, 0.1) is 23.1 Å². The van der Waals surface area contributed by atoms with Crippen LogP contribution < -0.4 is 10.0 Å². The van der Waals surface area contributed by atoms with E-state index in [1.807, 2.05) is 26.0 Å². The van der Waals surface area contributed by atoms with Gasteiger partial charge in [0.15, 0.2) is 0 Å². The van der Waals surface area contributed by atoms with Crippen LogP contribution in [0.15, 0.2) is 39.7 Å². The third-order valence-electron chi connectivity index (χ3n) is 5.37. The van der Waals surface area contributed by atoms with Gasteiger partial charge in [-0.25, -0.2) is 17.7 Å². The van der Waals surface area contributed by atoms with Crippen molar-refractivity contribution in [3.8, 4) is 6.07 Å². The van der Waals surface area contributed by atoms with Crippen LogP contribution in [-0.4, -0.2) is 26.8 Å². The number of carbonyl (C=O) groups is 1. The summed E-state index contributed by atoms with van der Waals surface area (Å²) in [6.45, 7) is 4.06. The van der Waals surface area contributed by atoms with Crippen molar-refractivity contribution in [2.75, 3.05) is 5.32 Å². The van der Waals surface area contributed by atoms with Crippen LogP contribution in [0.4, 0.5) is 10.1 Å². The molecule has 0 radical (unpaired) electrons. The van der Waals surface area contributed by atoms with Crippen molar-refractivity contribution in [2.45, 2.75) is 43.7 Å². The van der Waals surface area contributed by atoms with Gasteiger partial charge in [0, 0.05) is 30.5 Å². The van der Waals surface area contributed by atoms with E-state index in [0.717, 1.165) is 18.9 Å². The Labute approximate surface area is 181 Å². The molecule has 1 aromatic heterocycles. The minimum Gasteiger partial charge on any atom is -0.345 e. The summed E-state index contributed by atoms with van der Waals surface area (Å²) in [5.74, 6) is -0.909. The maximum absolute atomic E-state index is 13.9. The van der Waals surface area contributed by atoms with Crippen LogP contribution in [0.25, 0.3) is 6.08 Å². The van der Waals surface area contributed by atoms with Crippen molar-refractivity contribution in [1.82, 2.24) is 9.29 Å². The van der Waals surface area contributed by atoms with Crippen molar-refractivity contribution in [3.63, 3.8) is 0 Å². The molecule has 0 saturated heterocycles. The van der Waals surface area contributed by atoms with E-state index in [4.69, 9.17) is 5.26 Å². The second-order valence-electron chi connectivity index (χ2n) is 8.24. The molecule has 9 heteroatoms. The second kappa shape index (κ2) is 7.94. The lowest BCUT2D eigenvalue weighted by Crippen LogP contribution is -2.36. The van der Waals surface area contributed by atoms with Crippen LogP contribution in [0.1, 0.15) is 48.3 Å². The lowest BCUT2D eigenvalue weighted by atomic mass is 10.0. The molecule has 1 aliphatic heterocycles. The van der Waals surface area contributed by atoms with E-state index >= 15 is 0 Å². The van der Waals surface area contributed by atoms with Crippen LogP contribution in [0.2, 0.25) is 0 Å². The number of nitrogens with zero attached hydrogens (tertiary/aromatic N) is 3. The molecule has 2 heterocycles. The lowest BCUT2D eigenvalue weighted by molar-refractivity contribution is 0.101. The molecule has 1 amide bonds. The van der Waals surface area contributed by atoms with E-state index < -0.39 is 21.6 Å². The highest BCUT2D eigenvalue weighted by Crippen LogP contribution is 2.33. The van der Waals surface area contributed by atoms with Gasteiger partial charge in [0.25, 0.3) is 5.91 Å². The molecule has 1 aromatic carbocycles. The van der Waals surface area contributed by atoms with Gasteiger partial charge in [0.2, 0.25) is 0 Å². The lowest BCUT2D eigenvalue weighted by Gasteiger charge is -2.20. The number of carbonyl (C=O) groups excluding carboxylic acids is 1. The minimum absolute atomic E-state index is 0.0693. The number of benzene rings is 1. The Morgan fingerprint density at radius 1 is 1.42 bits per heavy atom. The summed E-state index contributed by atoms with van der Waals surface area (Å²) < 4.78 is 37.0. The molecule has 0 bridgehead atoms. The average Bonchev–Trinajstić information content (AvgIpc) is 3.47. The minimum atomic E-state index is -2.92. The van der Waals surface area contributed by atoms with Crippen LogP contribution in [0.3, 0.4) is 0 Å². The van der Waals surface area contributed by atoms with Crippen molar-refractivity contribution in [3.05, 3.63) is 53.1 Å². The highest BCUT2D eigenvalue weighted by molar-refractivity contribution is 7.91. The van der Waals surface area contributed by atoms with Gasteiger partial charge < -0.3 is 9.88 Å². The number of aryl methyl sites for hydroxylation is 1. The Kier molecular flexibility index (Phi) is 5.45. The molecule has 2 atom stereocenters. The number of amides is 1. The maximum atomic E-state index is 13.9. The summed E-state index contributed by atoms with van der Waals surface area (Å²) in [4.78, 5) is 13.6. The molecule has 2 aromatic rings. The average molecular weight is 442 g/mol.